The molecule has 1 N–H and O–H groups in total. The Morgan fingerprint density at radius 2 is 1.74 bits per heavy atom. The number of rotatable bonds is 6. The highest BCUT2D eigenvalue weighted by Crippen LogP contribution is 2.29. The Morgan fingerprint density at radius 1 is 1.13 bits per heavy atom. The number of carbonyl (C=O) groups excluding carboxylic acids is 2. The van der Waals surface area contributed by atoms with Gasteiger partial charge >= 0.3 is 0 Å². The molecule has 0 saturated carbocycles. The number of methoxy groups -OCH3 is 2. The Balaban J connectivity index is 2.68. The summed E-state index contributed by atoms with van der Waals surface area (Å²) in [5, 5.41) is 2.80. The van der Waals surface area contributed by atoms with E-state index in [0.29, 0.717) is 23.7 Å². The van der Waals surface area contributed by atoms with Gasteiger partial charge in [0.2, 0.25) is 11.8 Å². The van der Waals surface area contributed by atoms with Crippen molar-refractivity contribution in [3.63, 3.8) is 0 Å². The van der Waals surface area contributed by atoms with Crippen LogP contribution in [0.5, 0.6) is 11.5 Å². The Labute approximate surface area is 137 Å². The molecule has 6 nitrogen and oxygen atoms in total. The van der Waals surface area contributed by atoms with E-state index in [2.05, 4.69) is 5.32 Å². The van der Waals surface area contributed by atoms with Crippen molar-refractivity contribution in [2.75, 3.05) is 26.1 Å². The maximum Gasteiger partial charge on any atom is 0.226 e. The van der Waals surface area contributed by atoms with Crippen LogP contribution in [-0.4, -0.2) is 43.0 Å². The molecule has 0 radical (unpaired) electrons. The Morgan fingerprint density at radius 3 is 2.22 bits per heavy atom. The number of nitrogens with zero attached hydrogens (tertiary/aromatic N) is 1. The topological polar surface area (TPSA) is 67.9 Å². The molecule has 0 bridgehead atoms. The minimum absolute atomic E-state index is 0.0450. The molecular formula is C17H26N2O4. The Hall–Kier alpha value is -2.24. The number of nitrogens with one attached hydrogen (secondary N) is 1. The fourth-order valence-electron chi connectivity index (χ4n) is 2.32. The molecule has 23 heavy (non-hydrogen) atoms. The van der Waals surface area contributed by atoms with Crippen molar-refractivity contribution in [1.82, 2.24) is 4.90 Å². The minimum atomic E-state index is -0.310. The van der Waals surface area contributed by atoms with Crippen LogP contribution in [0.3, 0.4) is 0 Å². The molecule has 128 valence electrons. The predicted molar refractivity (Wildman–Crippen MR) is 89.9 cm³/mol. The largest absolute Gasteiger partial charge is 0.493 e. The summed E-state index contributed by atoms with van der Waals surface area (Å²) < 4.78 is 10.4. The summed E-state index contributed by atoms with van der Waals surface area (Å²) in [7, 11) is 3.09. The first-order chi connectivity index (χ1) is 10.7. The normalized spacial score (nSPS) is 10.9. The fraction of sp³-hybridized carbons (Fsp3) is 0.529. The first-order valence-corrected chi connectivity index (χ1v) is 7.49. The standard InChI is InChI=1S/C17H26N2O4/c1-12(20)19(17(2,3)4)10-9-16(21)18-13-7-8-14(22-5)15(11-13)23-6/h7-8,11H,9-10H2,1-6H3,(H,18,21). The maximum atomic E-state index is 12.1. The van der Waals surface area contributed by atoms with E-state index in [0.717, 1.165) is 0 Å². The van der Waals surface area contributed by atoms with Gasteiger partial charge in [-0.25, -0.2) is 0 Å². The molecule has 2 amide bonds. The van der Waals surface area contributed by atoms with Crippen molar-refractivity contribution in [3.05, 3.63) is 18.2 Å². The molecule has 0 unspecified atom stereocenters. The van der Waals surface area contributed by atoms with E-state index in [1.807, 2.05) is 20.8 Å². The fourth-order valence-corrected chi connectivity index (χ4v) is 2.32. The summed E-state index contributed by atoms with van der Waals surface area (Å²) in [4.78, 5) is 25.5. The lowest BCUT2D eigenvalue weighted by molar-refractivity contribution is -0.134. The highest BCUT2D eigenvalue weighted by molar-refractivity contribution is 5.91. The summed E-state index contributed by atoms with van der Waals surface area (Å²) >= 11 is 0. The van der Waals surface area contributed by atoms with E-state index in [-0.39, 0.29) is 23.8 Å². The predicted octanol–water partition coefficient (Wildman–Crippen LogP) is 2.68. The van der Waals surface area contributed by atoms with Crippen molar-refractivity contribution in [2.24, 2.45) is 0 Å². The molecule has 6 heteroatoms. The van der Waals surface area contributed by atoms with Crippen LogP contribution >= 0.6 is 0 Å². The third-order valence-corrected chi connectivity index (χ3v) is 3.42. The molecule has 0 atom stereocenters. The second-order valence-electron chi connectivity index (χ2n) is 6.21. The van der Waals surface area contributed by atoms with E-state index in [9.17, 15) is 9.59 Å². The van der Waals surface area contributed by atoms with Crippen LogP contribution in [0.25, 0.3) is 0 Å². The SMILES string of the molecule is COc1ccc(NC(=O)CCN(C(C)=O)C(C)(C)C)cc1OC. The molecule has 0 aliphatic rings. The lowest BCUT2D eigenvalue weighted by Crippen LogP contribution is -2.45. The van der Waals surface area contributed by atoms with Crippen molar-refractivity contribution in [1.29, 1.82) is 0 Å². The summed E-state index contributed by atoms with van der Waals surface area (Å²) in [5.74, 6) is 0.940. The monoisotopic (exact) mass is 322 g/mol. The molecule has 0 spiro atoms. The van der Waals surface area contributed by atoms with Gasteiger partial charge in [0.05, 0.1) is 14.2 Å². The van der Waals surface area contributed by atoms with Gasteiger partial charge in [-0.05, 0) is 32.9 Å². The van der Waals surface area contributed by atoms with Gasteiger partial charge < -0.3 is 19.7 Å². The molecule has 1 aromatic rings. The number of carbonyl (C=O) groups is 2. The van der Waals surface area contributed by atoms with Gasteiger partial charge in [-0.2, -0.15) is 0 Å². The van der Waals surface area contributed by atoms with Gasteiger partial charge in [0.15, 0.2) is 11.5 Å². The average molecular weight is 322 g/mol. The Kier molecular flexibility index (Phi) is 6.42. The van der Waals surface area contributed by atoms with E-state index in [1.165, 1.54) is 14.0 Å². The number of hydrogen-bond donors (Lipinski definition) is 1. The van der Waals surface area contributed by atoms with Crippen LogP contribution in [0.4, 0.5) is 5.69 Å². The van der Waals surface area contributed by atoms with Gasteiger partial charge in [-0.3, -0.25) is 9.59 Å². The van der Waals surface area contributed by atoms with Gasteiger partial charge in [-0.1, -0.05) is 0 Å². The molecule has 1 aromatic carbocycles. The quantitative estimate of drug-likeness (QED) is 0.874. The van der Waals surface area contributed by atoms with Gasteiger partial charge in [-0.15, -0.1) is 0 Å². The van der Waals surface area contributed by atoms with Crippen LogP contribution in [0.15, 0.2) is 18.2 Å². The second-order valence-corrected chi connectivity index (χ2v) is 6.21. The highest BCUT2D eigenvalue weighted by Gasteiger charge is 2.24. The average Bonchev–Trinajstić information content (AvgIpc) is 2.45. The third kappa shape index (κ3) is 5.47. The first kappa shape index (κ1) is 18.8. The molecule has 0 saturated heterocycles. The lowest BCUT2D eigenvalue weighted by Gasteiger charge is -2.34. The summed E-state index contributed by atoms with van der Waals surface area (Å²) in [6.07, 6.45) is 0.227. The number of benzene rings is 1. The zero-order valence-corrected chi connectivity index (χ0v) is 14.7. The van der Waals surface area contributed by atoms with E-state index in [1.54, 1.807) is 30.2 Å². The molecule has 0 heterocycles. The molecule has 0 aliphatic heterocycles. The smallest absolute Gasteiger partial charge is 0.226 e. The number of anilines is 1. The Bertz CT molecular complexity index is 564. The van der Waals surface area contributed by atoms with Crippen molar-refractivity contribution in [2.45, 2.75) is 39.7 Å². The molecule has 0 aromatic heterocycles. The van der Waals surface area contributed by atoms with Crippen molar-refractivity contribution in [3.8, 4) is 11.5 Å². The first-order valence-electron chi connectivity index (χ1n) is 7.49. The third-order valence-electron chi connectivity index (χ3n) is 3.42. The van der Waals surface area contributed by atoms with E-state index in [4.69, 9.17) is 9.47 Å². The van der Waals surface area contributed by atoms with Crippen LogP contribution in [-0.2, 0) is 9.59 Å². The van der Waals surface area contributed by atoms with E-state index >= 15 is 0 Å². The van der Waals surface area contributed by atoms with E-state index < -0.39 is 0 Å². The molecule has 0 aliphatic carbocycles. The lowest BCUT2D eigenvalue weighted by atomic mass is 10.1. The summed E-state index contributed by atoms with van der Waals surface area (Å²) in [6.45, 7) is 7.72. The van der Waals surface area contributed by atoms with Gasteiger partial charge in [0, 0.05) is 37.2 Å². The zero-order chi connectivity index (χ0) is 17.6. The van der Waals surface area contributed by atoms with Crippen molar-refractivity contribution >= 4 is 17.5 Å². The van der Waals surface area contributed by atoms with Gasteiger partial charge in [0.25, 0.3) is 0 Å². The summed E-state index contributed by atoms with van der Waals surface area (Å²) in [5.41, 5.74) is 0.313. The zero-order valence-electron chi connectivity index (χ0n) is 14.7. The van der Waals surface area contributed by atoms with Gasteiger partial charge in [0.1, 0.15) is 0 Å². The minimum Gasteiger partial charge on any atom is -0.493 e. The number of ether oxygens (including phenoxy) is 2. The van der Waals surface area contributed by atoms with Crippen LogP contribution in [0, 0.1) is 0 Å². The highest BCUT2D eigenvalue weighted by atomic mass is 16.5. The second kappa shape index (κ2) is 7.85. The van der Waals surface area contributed by atoms with Crippen LogP contribution in [0.1, 0.15) is 34.1 Å². The molecule has 1 rings (SSSR count). The van der Waals surface area contributed by atoms with Crippen LogP contribution in [0.2, 0.25) is 0 Å². The molecule has 0 fully saturated rings. The van der Waals surface area contributed by atoms with Crippen LogP contribution < -0.4 is 14.8 Å². The number of hydrogen-bond acceptors (Lipinski definition) is 4. The summed E-state index contributed by atoms with van der Waals surface area (Å²) in [6, 6.07) is 5.17. The maximum absolute atomic E-state index is 12.1. The molecular weight excluding hydrogens is 296 g/mol. The van der Waals surface area contributed by atoms with Crippen molar-refractivity contribution < 1.29 is 19.1 Å². The number of amides is 2.